The standard InChI is InChI=1S/C21H30N4O3S/c1-16-19(17(2)24(3)23-16)11-12-21(26)22-15-18-9-5-6-10-20(18)29(27,28)25-13-7-4-8-14-25/h5-6,9-10H,4,7-8,11-15H2,1-3H3,(H,22,26). The van der Waals surface area contributed by atoms with Crippen LogP contribution in [-0.2, 0) is 34.8 Å². The number of hydrogen-bond donors (Lipinski definition) is 1. The molecule has 0 saturated carbocycles. The highest BCUT2D eigenvalue weighted by Crippen LogP contribution is 2.23. The Morgan fingerprint density at radius 1 is 1.14 bits per heavy atom. The summed E-state index contributed by atoms with van der Waals surface area (Å²) in [5, 5.41) is 7.26. The number of nitrogens with zero attached hydrogens (tertiary/aromatic N) is 3. The lowest BCUT2D eigenvalue weighted by molar-refractivity contribution is -0.121. The fourth-order valence-electron chi connectivity index (χ4n) is 3.85. The number of sulfonamides is 1. The van der Waals surface area contributed by atoms with Gasteiger partial charge < -0.3 is 5.32 Å². The van der Waals surface area contributed by atoms with E-state index in [2.05, 4.69) is 10.4 Å². The first kappa shape index (κ1) is 21.5. The Labute approximate surface area is 173 Å². The summed E-state index contributed by atoms with van der Waals surface area (Å²) in [6.07, 6.45) is 3.82. The van der Waals surface area contributed by atoms with Gasteiger partial charge in [-0.3, -0.25) is 9.48 Å². The van der Waals surface area contributed by atoms with Gasteiger partial charge >= 0.3 is 0 Å². The van der Waals surface area contributed by atoms with Gasteiger partial charge in [-0.05, 0) is 50.3 Å². The third-order valence-electron chi connectivity index (χ3n) is 5.64. The molecule has 158 valence electrons. The van der Waals surface area contributed by atoms with Gasteiger partial charge in [0.05, 0.1) is 10.6 Å². The molecule has 0 bridgehead atoms. The molecule has 29 heavy (non-hydrogen) atoms. The Bertz CT molecular complexity index is 976. The molecular formula is C21H30N4O3S. The van der Waals surface area contributed by atoms with Crippen LogP contribution in [0.2, 0.25) is 0 Å². The van der Waals surface area contributed by atoms with E-state index >= 15 is 0 Å². The Morgan fingerprint density at radius 2 is 1.83 bits per heavy atom. The Hall–Kier alpha value is -2.19. The molecule has 1 amide bonds. The van der Waals surface area contributed by atoms with Crippen molar-refractivity contribution in [2.75, 3.05) is 13.1 Å². The molecule has 8 heteroatoms. The number of rotatable bonds is 7. The summed E-state index contributed by atoms with van der Waals surface area (Å²) >= 11 is 0. The van der Waals surface area contributed by atoms with Crippen LogP contribution < -0.4 is 5.32 Å². The number of hydrogen-bond acceptors (Lipinski definition) is 4. The first-order chi connectivity index (χ1) is 13.8. The average Bonchev–Trinajstić information content (AvgIpc) is 2.97. The fourth-order valence-corrected chi connectivity index (χ4v) is 5.59. The third-order valence-corrected chi connectivity index (χ3v) is 7.64. The van der Waals surface area contributed by atoms with Crippen molar-refractivity contribution < 1.29 is 13.2 Å². The van der Waals surface area contributed by atoms with Crippen molar-refractivity contribution >= 4 is 15.9 Å². The second kappa shape index (κ2) is 9.09. The summed E-state index contributed by atoms with van der Waals surface area (Å²) in [7, 11) is -1.64. The van der Waals surface area contributed by atoms with E-state index in [4.69, 9.17) is 0 Å². The van der Waals surface area contributed by atoms with Crippen LogP contribution in [0.3, 0.4) is 0 Å². The lowest BCUT2D eigenvalue weighted by Crippen LogP contribution is -2.36. The number of nitrogens with one attached hydrogen (secondary N) is 1. The summed E-state index contributed by atoms with van der Waals surface area (Å²) < 4.78 is 29.5. The maximum atomic E-state index is 13.0. The van der Waals surface area contributed by atoms with Crippen molar-refractivity contribution in [1.82, 2.24) is 19.4 Å². The molecule has 0 radical (unpaired) electrons. The number of aryl methyl sites for hydroxylation is 2. The van der Waals surface area contributed by atoms with Crippen LogP contribution in [0.5, 0.6) is 0 Å². The lowest BCUT2D eigenvalue weighted by atomic mass is 10.1. The molecule has 1 saturated heterocycles. The average molecular weight is 419 g/mol. The highest BCUT2D eigenvalue weighted by Gasteiger charge is 2.27. The van der Waals surface area contributed by atoms with E-state index in [0.29, 0.717) is 36.4 Å². The summed E-state index contributed by atoms with van der Waals surface area (Å²) in [6.45, 7) is 5.27. The molecule has 7 nitrogen and oxygen atoms in total. The molecule has 0 unspecified atom stereocenters. The predicted octanol–water partition coefficient (Wildman–Crippen LogP) is 2.46. The molecule has 1 N–H and O–H groups in total. The number of carbonyl (C=O) groups excluding carboxylic acids is 1. The van der Waals surface area contributed by atoms with Gasteiger partial charge in [-0.2, -0.15) is 9.40 Å². The van der Waals surface area contributed by atoms with E-state index in [9.17, 15) is 13.2 Å². The largest absolute Gasteiger partial charge is 0.352 e. The van der Waals surface area contributed by atoms with Crippen molar-refractivity contribution in [3.05, 3.63) is 46.8 Å². The minimum absolute atomic E-state index is 0.0992. The summed E-state index contributed by atoms with van der Waals surface area (Å²) in [6, 6.07) is 6.94. The van der Waals surface area contributed by atoms with Gasteiger partial charge in [0, 0.05) is 38.8 Å². The van der Waals surface area contributed by atoms with Crippen LogP contribution >= 0.6 is 0 Å². The zero-order chi connectivity index (χ0) is 21.0. The van der Waals surface area contributed by atoms with Gasteiger partial charge in [-0.25, -0.2) is 8.42 Å². The van der Waals surface area contributed by atoms with Crippen molar-refractivity contribution in [1.29, 1.82) is 0 Å². The van der Waals surface area contributed by atoms with Gasteiger partial charge in [-0.15, -0.1) is 0 Å². The van der Waals surface area contributed by atoms with Gasteiger partial charge in [0.15, 0.2) is 0 Å². The van der Waals surface area contributed by atoms with Gasteiger partial charge in [0.2, 0.25) is 15.9 Å². The predicted molar refractivity (Wildman–Crippen MR) is 112 cm³/mol. The van der Waals surface area contributed by atoms with Crippen LogP contribution in [0, 0.1) is 13.8 Å². The van der Waals surface area contributed by atoms with Crippen LogP contribution in [0.25, 0.3) is 0 Å². The van der Waals surface area contributed by atoms with E-state index in [1.165, 1.54) is 0 Å². The van der Waals surface area contributed by atoms with Crippen molar-refractivity contribution in [3.63, 3.8) is 0 Å². The Morgan fingerprint density at radius 3 is 2.48 bits per heavy atom. The van der Waals surface area contributed by atoms with Crippen LogP contribution in [0.1, 0.15) is 48.2 Å². The fraction of sp³-hybridized carbons (Fsp3) is 0.524. The highest BCUT2D eigenvalue weighted by molar-refractivity contribution is 7.89. The Balaban J connectivity index is 1.64. The number of amides is 1. The molecule has 0 atom stereocenters. The molecule has 1 aliphatic heterocycles. The van der Waals surface area contributed by atoms with Crippen molar-refractivity contribution in [2.45, 2.75) is 57.4 Å². The Kier molecular flexibility index (Phi) is 6.74. The SMILES string of the molecule is Cc1nn(C)c(C)c1CCC(=O)NCc1ccccc1S(=O)(=O)N1CCCCC1. The normalized spacial score (nSPS) is 15.4. The zero-order valence-corrected chi connectivity index (χ0v) is 18.3. The van der Waals surface area contributed by atoms with Gasteiger partial charge in [0.25, 0.3) is 0 Å². The molecule has 1 aromatic carbocycles. The highest BCUT2D eigenvalue weighted by atomic mass is 32.2. The zero-order valence-electron chi connectivity index (χ0n) is 17.4. The smallest absolute Gasteiger partial charge is 0.243 e. The van der Waals surface area contributed by atoms with E-state index in [-0.39, 0.29) is 12.5 Å². The number of aromatic nitrogens is 2. The van der Waals surface area contributed by atoms with Crippen LogP contribution in [0.15, 0.2) is 29.2 Å². The molecule has 0 spiro atoms. The molecule has 1 aliphatic rings. The van der Waals surface area contributed by atoms with E-state index in [0.717, 1.165) is 36.2 Å². The third kappa shape index (κ3) is 4.87. The minimum Gasteiger partial charge on any atom is -0.352 e. The molecular weight excluding hydrogens is 388 g/mol. The number of piperidine rings is 1. The number of carbonyl (C=O) groups is 1. The molecule has 1 aromatic heterocycles. The molecule has 3 rings (SSSR count). The summed E-state index contributed by atoms with van der Waals surface area (Å²) in [5.74, 6) is -0.0992. The maximum Gasteiger partial charge on any atom is 0.243 e. The maximum absolute atomic E-state index is 13.0. The van der Waals surface area contributed by atoms with Gasteiger partial charge in [-0.1, -0.05) is 24.6 Å². The quantitative estimate of drug-likeness (QED) is 0.749. The second-order valence-electron chi connectivity index (χ2n) is 7.62. The van der Waals surface area contributed by atoms with Crippen LogP contribution in [-0.4, -0.2) is 41.5 Å². The molecule has 1 fully saturated rings. The second-order valence-corrected chi connectivity index (χ2v) is 9.53. The molecule has 2 heterocycles. The molecule has 0 aliphatic carbocycles. The monoisotopic (exact) mass is 418 g/mol. The van der Waals surface area contributed by atoms with Crippen molar-refractivity contribution in [3.8, 4) is 0 Å². The topological polar surface area (TPSA) is 84.3 Å². The summed E-state index contributed by atoms with van der Waals surface area (Å²) in [5.41, 5.74) is 3.72. The van der Waals surface area contributed by atoms with Crippen LogP contribution in [0.4, 0.5) is 0 Å². The number of benzene rings is 1. The first-order valence-corrected chi connectivity index (χ1v) is 11.6. The van der Waals surface area contributed by atoms with E-state index < -0.39 is 10.0 Å². The lowest BCUT2D eigenvalue weighted by Gasteiger charge is -2.26. The molecule has 2 aromatic rings. The van der Waals surface area contributed by atoms with Gasteiger partial charge in [0.1, 0.15) is 0 Å². The van der Waals surface area contributed by atoms with Crippen molar-refractivity contribution in [2.24, 2.45) is 7.05 Å². The summed E-state index contributed by atoms with van der Waals surface area (Å²) in [4.78, 5) is 12.7. The van der Waals surface area contributed by atoms with E-state index in [1.54, 1.807) is 28.6 Å². The minimum atomic E-state index is -3.53. The first-order valence-electron chi connectivity index (χ1n) is 10.1. The van der Waals surface area contributed by atoms with E-state index in [1.807, 2.05) is 25.6 Å².